The summed E-state index contributed by atoms with van der Waals surface area (Å²) in [5.74, 6) is 1.91. The number of thioether (sulfide) groups is 1. The molecule has 1 aromatic heterocycles. The first-order valence-electron chi connectivity index (χ1n) is 8.80. The van der Waals surface area contributed by atoms with Gasteiger partial charge in [-0.2, -0.15) is 11.3 Å². The Labute approximate surface area is 176 Å². The van der Waals surface area contributed by atoms with E-state index in [4.69, 9.17) is 21.1 Å². The molecule has 144 valence electrons. The third-order valence-corrected chi connectivity index (χ3v) is 6.31. The number of carbonyl (C=O) groups excluding carboxylic acids is 1. The molecule has 4 nitrogen and oxygen atoms in total. The van der Waals surface area contributed by atoms with Gasteiger partial charge in [-0.3, -0.25) is 4.79 Å². The maximum Gasteiger partial charge on any atom is 0.228 e. The molecule has 0 aliphatic carbocycles. The van der Waals surface area contributed by atoms with Gasteiger partial charge in [0.15, 0.2) is 11.5 Å². The second-order valence-electron chi connectivity index (χ2n) is 6.24. The number of thiophene rings is 1. The highest BCUT2D eigenvalue weighted by atomic mass is 35.5. The van der Waals surface area contributed by atoms with Crippen LogP contribution in [0.25, 0.3) is 0 Å². The Hall–Kier alpha value is -2.15. The molecule has 0 saturated carbocycles. The normalized spacial score (nSPS) is 12.6. The van der Waals surface area contributed by atoms with E-state index in [1.165, 1.54) is 5.56 Å². The number of para-hydroxylation sites is 1. The van der Waals surface area contributed by atoms with Crippen LogP contribution in [0.3, 0.4) is 0 Å². The van der Waals surface area contributed by atoms with E-state index in [1.54, 1.807) is 29.2 Å². The smallest absolute Gasteiger partial charge is 0.228 e. The SMILES string of the molecule is O=C(Cc1cc(Cl)c2c(c1)OCCO2)Nc1ccccc1SCc1ccsc1. The summed E-state index contributed by atoms with van der Waals surface area (Å²) in [7, 11) is 0. The second-order valence-corrected chi connectivity index (χ2v) is 8.45. The molecular formula is C21H18ClNO3S2. The molecule has 1 N–H and O–H groups in total. The summed E-state index contributed by atoms with van der Waals surface area (Å²) in [5, 5.41) is 7.69. The van der Waals surface area contributed by atoms with Crippen molar-refractivity contribution in [2.75, 3.05) is 18.5 Å². The lowest BCUT2D eigenvalue weighted by molar-refractivity contribution is -0.115. The van der Waals surface area contributed by atoms with Crippen LogP contribution in [0.4, 0.5) is 5.69 Å². The first-order valence-corrected chi connectivity index (χ1v) is 11.1. The molecule has 3 aromatic rings. The maximum atomic E-state index is 12.6. The molecule has 0 fully saturated rings. The summed E-state index contributed by atoms with van der Waals surface area (Å²) in [5.41, 5.74) is 2.88. The molecule has 2 aromatic carbocycles. The highest BCUT2D eigenvalue weighted by molar-refractivity contribution is 7.98. The van der Waals surface area contributed by atoms with Crippen LogP contribution in [0, 0.1) is 0 Å². The molecule has 7 heteroatoms. The highest BCUT2D eigenvalue weighted by Gasteiger charge is 2.18. The lowest BCUT2D eigenvalue weighted by Crippen LogP contribution is -2.17. The standard InChI is InChI=1S/C21H18ClNO3S2/c22-16-9-15(10-18-21(16)26-7-6-25-18)11-20(24)23-17-3-1-2-4-19(17)28-13-14-5-8-27-12-14/h1-5,8-10,12H,6-7,11,13H2,(H,23,24). The van der Waals surface area contributed by atoms with E-state index in [-0.39, 0.29) is 12.3 Å². The predicted molar refractivity (Wildman–Crippen MR) is 115 cm³/mol. The zero-order valence-electron chi connectivity index (χ0n) is 14.9. The van der Waals surface area contributed by atoms with Crippen LogP contribution >= 0.6 is 34.7 Å². The van der Waals surface area contributed by atoms with Crippen LogP contribution in [0.1, 0.15) is 11.1 Å². The number of rotatable bonds is 6. The lowest BCUT2D eigenvalue weighted by atomic mass is 10.1. The summed E-state index contributed by atoms with van der Waals surface area (Å²) in [6.07, 6.45) is 0.208. The van der Waals surface area contributed by atoms with Gasteiger partial charge >= 0.3 is 0 Å². The topological polar surface area (TPSA) is 47.6 Å². The number of carbonyl (C=O) groups is 1. The van der Waals surface area contributed by atoms with Crippen LogP contribution in [-0.2, 0) is 17.0 Å². The minimum absolute atomic E-state index is 0.101. The van der Waals surface area contributed by atoms with Crippen molar-refractivity contribution in [3.05, 3.63) is 69.4 Å². The van der Waals surface area contributed by atoms with Crippen molar-refractivity contribution in [3.63, 3.8) is 0 Å². The molecule has 0 unspecified atom stereocenters. The van der Waals surface area contributed by atoms with E-state index in [1.807, 2.05) is 30.3 Å². The van der Waals surface area contributed by atoms with E-state index in [2.05, 4.69) is 22.1 Å². The summed E-state index contributed by atoms with van der Waals surface area (Å²) >= 11 is 9.66. The Morgan fingerprint density at radius 1 is 1.14 bits per heavy atom. The number of ether oxygens (including phenoxy) is 2. The van der Waals surface area contributed by atoms with Crippen LogP contribution in [-0.4, -0.2) is 19.1 Å². The van der Waals surface area contributed by atoms with Gasteiger partial charge in [0.1, 0.15) is 13.2 Å². The van der Waals surface area contributed by atoms with Crippen LogP contribution < -0.4 is 14.8 Å². The van der Waals surface area contributed by atoms with E-state index in [0.29, 0.717) is 29.7 Å². The van der Waals surface area contributed by atoms with Crippen molar-refractivity contribution in [2.45, 2.75) is 17.1 Å². The zero-order chi connectivity index (χ0) is 19.3. The molecule has 1 aliphatic rings. The molecule has 0 atom stereocenters. The molecule has 1 amide bonds. The average Bonchev–Trinajstić information content (AvgIpc) is 3.21. The summed E-state index contributed by atoms with van der Waals surface area (Å²) < 4.78 is 11.1. The quantitative estimate of drug-likeness (QED) is 0.512. The Morgan fingerprint density at radius 3 is 2.86 bits per heavy atom. The minimum atomic E-state index is -0.101. The van der Waals surface area contributed by atoms with Gasteiger partial charge < -0.3 is 14.8 Å². The number of fused-ring (bicyclic) bond motifs is 1. The van der Waals surface area contributed by atoms with Gasteiger partial charge in [0.2, 0.25) is 5.91 Å². The largest absolute Gasteiger partial charge is 0.486 e. The van der Waals surface area contributed by atoms with E-state index < -0.39 is 0 Å². The van der Waals surface area contributed by atoms with Crippen molar-refractivity contribution in [3.8, 4) is 11.5 Å². The summed E-state index contributed by atoms with van der Waals surface area (Å²) in [6.45, 7) is 0.958. The zero-order valence-corrected chi connectivity index (χ0v) is 17.3. The molecule has 1 aliphatic heterocycles. The number of anilines is 1. The van der Waals surface area contributed by atoms with E-state index >= 15 is 0 Å². The van der Waals surface area contributed by atoms with Gasteiger partial charge in [-0.05, 0) is 52.2 Å². The summed E-state index contributed by atoms with van der Waals surface area (Å²) in [6, 6.07) is 13.5. The number of nitrogens with one attached hydrogen (secondary N) is 1. The fourth-order valence-corrected chi connectivity index (χ4v) is 4.89. The molecule has 0 saturated heterocycles. The molecule has 28 heavy (non-hydrogen) atoms. The van der Waals surface area contributed by atoms with Crippen LogP contribution in [0.5, 0.6) is 11.5 Å². The van der Waals surface area contributed by atoms with Crippen molar-refractivity contribution < 1.29 is 14.3 Å². The monoisotopic (exact) mass is 431 g/mol. The number of hydrogen-bond donors (Lipinski definition) is 1. The number of benzene rings is 2. The predicted octanol–water partition coefficient (Wildman–Crippen LogP) is 5.65. The third-order valence-electron chi connectivity index (χ3n) is 4.16. The molecule has 0 radical (unpaired) electrons. The van der Waals surface area contributed by atoms with Crippen molar-refractivity contribution in [2.24, 2.45) is 0 Å². The molecule has 0 bridgehead atoms. The third kappa shape index (κ3) is 4.63. The van der Waals surface area contributed by atoms with Crippen LogP contribution in [0.2, 0.25) is 5.02 Å². The molecule has 2 heterocycles. The van der Waals surface area contributed by atoms with Gasteiger partial charge in [0.25, 0.3) is 0 Å². The average molecular weight is 432 g/mol. The Morgan fingerprint density at radius 2 is 2.00 bits per heavy atom. The highest BCUT2D eigenvalue weighted by Crippen LogP contribution is 2.38. The molecular weight excluding hydrogens is 414 g/mol. The molecule has 4 rings (SSSR count). The van der Waals surface area contributed by atoms with Gasteiger partial charge in [-0.15, -0.1) is 11.8 Å². The first-order chi connectivity index (χ1) is 13.7. The molecule has 0 spiro atoms. The Balaban J connectivity index is 1.43. The van der Waals surface area contributed by atoms with Gasteiger partial charge in [0, 0.05) is 10.6 Å². The minimum Gasteiger partial charge on any atom is -0.486 e. The Bertz CT molecular complexity index is 976. The van der Waals surface area contributed by atoms with E-state index in [9.17, 15) is 4.79 Å². The number of halogens is 1. The number of hydrogen-bond acceptors (Lipinski definition) is 5. The van der Waals surface area contributed by atoms with Gasteiger partial charge in [-0.1, -0.05) is 23.7 Å². The van der Waals surface area contributed by atoms with Crippen LogP contribution in [0.15, 0.2) is 58.1 Å². The fourth-order valence-electron chi connectivity index (χ4n) is 2.88. The number of amides is 1. The maximum absolute atomic E-state index is 12.6. The van der Waals surface area contributed by atoms with Gasteiger partial charge in [-0.25, -0.2) is 0 Å². The summed E-state index contributed by atoms with van der Waals surface area (Å²) in [4.78, 5) is 13.7. The lowest BCUT2D eigenvalue weighted by Gasteiger charge is -2.20. The first kappa shape index (κ1) is 19.2. The fraction of sp³-hybridized carbons (Fsp3) is 0.190. The van der Waals surface area contributed by atoms with Crippen molar-refractivity contribution in [1.29, 1.82) is 0 Å². The van der Waals surface area contributed by atoms with Crippen molar-refractivity contribution in [1.82, 2.24) is 0 Å². The van der Waals surface area contributed by atoms with E-state index in [0.717, 1.165) is 21.9 Å². The van der Waals surface area contributed by atoms with Gasteiger partial charge in [0.05, 0.1) is 17.1 Å². The van der Waals surface area contributed by atoms with Crippen molar-refractivity contribution >= 4 is 46.3 Å². The Kier molecular flexibility index (Phi) is 6.10. The second kappa shape index (κ2) is 8.90.